The molecule has 182 valence electrons. The molecule has 0 radical (unpaired) electrons. The minimum atomic E-state index is -4.02. The maximum atomic E-state index is 13.2. The number of nitrogens with zero attached hydrogens (tertiary/aromatic N) is 1. The minimum absolute atomic E-state index is 0.0892. The van der Waals surface area contributed by atoms with Crippen molar-refractivity contribution in [2.75, 3.05) is 12.3 Å². The molecule has 4 N–H and O–H groups in total. The summed E-state index contributed by atoms with van der Waals surface area (Å²) in [6, 6.07) is 17.7. The lowest BCUT2D eigenvalue weighted by molar-refractivity contribution is -0.131. The summed E-state index contributed by atoms with van der Waals surface area (Å²) in [7, 11) is -4.02. The first kappa shape index (κ1) is 24.4. The van der Waals surface area contributed by atoms with Crippen LogP contribution in [0.2, 0.25) is 0 Å². The van der Waals surface area contributed by atoms with Gasteiger partial charge in [-0.25, -0.2) is 8.42 Å². The van der Waals surface area contributed by atoms with Crippen LogP contribution >= 0.6 is 0 Å². The number of benzene rings is 3. The molecule has 0 spiro atoms. The number of anilines is 1. The Morgan fingerprint density at radius 2 is 1.80 bits per heavy atom. The smallest absolute Gasteiger partial charge is 0.265 e. The maximum absolute atomic E-state index is 13.2. The van der Waals surface area contributed by atoms with Gasteiger partial charge in [0.05, 0.1) is 11.3 Å². The Labute approximate surface area is 204 Å². The van der Waals surface area contributed by atoms with Gasteiger partial charge in [-0.15, -0.1) is 4.83 Å². The molecule has 3 aromatic carbocycles. The number of carbonyl (C=O) groups excluding carboxylic acids is 2. The third kappa shape index (κ3) is 5.36. The molecule has 0 saturated heterocycles. The van der Waals surface area contributed by atoms with Crippen LogP contribution in [0.3, 0.4) is 0 Å². The van der Waals surface area contributed by atoms with Crippen LogP contribution in [0.1, 0.15) is 30.9 Å². The molecule has 4 rings (SSSR count). The summed E-state index contributed by atoms with van der Waals surface area (Å²) in [5.41, 5.74) is 9.44. The Morgan fingerprint density at radius 3 is 2.57 bits per heavy atom. The lowest BCUT2D eigenvalue weighted by Gasteiger charge is -2.29. The second-order valence-electron chi connectivity index (χ2n) is 8.68. The van der Waals surface area contributed by atoms with Crippen molar-refractivity contribution in [3.05, 3.63) is 82.9 Å². The fourth-order valence-corrected chi connectivity index (χ4v) is 5.33. The van der Waals surface area contributed by atoms with Crippen LogP contribution in [-0.2, 0) is 26.2 Å². The molecule has 0 fully saturated rings. The molecule has 0 atom stereocenters. The van der Waals surface area contributed by atoms with Crippen molar-refractivity contribution in [2.24, 2.45) is 0 Å². The van der Waals surface area contributed by atoms with E-state index in [2.05, 4.69) is 10.1 Å². The third-order valence-electron chi connectivity index (χ3n) is 6.17. The van der Waals surface area contributed by atoms with Crippen LogP contribution < -0.4 is 15.9 Å². The topological polar surface area (TPSA) is 122 Å². The number of rotatable bonds is 7. The molecule has 1 aliphatic heterocycles. The summed E-state index contributed by atoms with van der Waals surface area (Å²) >= 11 is 0. The highest BCUT2D eigenvalue weighted by atomic mass is 32.2. The van der Waals surface area contributed by atoms with Crippen molar-refractivity contribution in [3.63, 3.8) is 0 Å². The molecular weight excluding hydrogens is 464 g/mol. The highest BCUT2D eigenvalue weighted by Gasteiger charge is 2.30. The number of amides is 2. The van der Waals surface area contributed by atoms with Crippen LogP contribution in [0.5, 0.6) is 0 Å². The van der Waals surface area contributed by atoms with Gasteiger partial charge in [-0.1, -0.05) is 54.1 Å². The molecule has 0 bridgehead atoms. The van der Waals surface area contributed by atoms with Crippen LogP contribution in [0.15, 0.2) is 76.7 Å². The molecule has 0 aliphatic carbocycles. The number of nitrogens with one attached hydrogen (secondary N) is 2. The first-order chi connectivity index (χ1) is 16.7. The number of sulfonamides is 1. The highest BCUT2D eigenvalue weighted by Crippen LogP contribution is 2.25. The zero-order chi connectivity index (χ0) is 25.2. The molecular formula is C26H28N4O4S. The van der Waals surface area contributed by atoms with Crippen molar-refractivity contribution in [2.45, 2.75) is 38.1 Å². The molecule has 1 aliphatic rings. The molecule has 9 heteroatoms. The Bertz CT molecular complexity index is 1440. The predicted molar refractivity (Wildman–Crippen MR) is 135 cm³/mol. The van der Waals surface area contributed by atoms with E-state index >= 15 is 0 Å². The van der Waals surface area contributed by atoms with Gasteiger partial charge in [0, 0.05) is 29.7 Å². The van der Waals surface area contributed by atoms with E-state index in [1.165, 1.54) is 6.07 Å². The molecule has 2 amide bonds. The van der Waals surface area contributed by atoms with E-state index in [1.54, 1.807) is 31.2 Å². The quantitative estimate of drug-likeness (QED) is 0.438. The first-order valence-electron chi connectivity index (χ1n) is 11.3. The van der Waals surface area contributed by atoms with E-state index in [-0.39, 0.29) is 35.9 Å². The highest BCUT2D eigenvalue weighted by molar-refractivity contribution is 7.89. The summed E-state index contributed by atoms with van der Waals surface area (Å²) in [6.45, 7) is 4.16. The lowest BCUT2D eigenvalue weighted by atomic mass is 9.98. The molecule has 0 saturated carbocycles. The van der Waals surface area contributed by atoms with Crippen molar-refractivity contribution < 1.29 is 18.0 Å². The minimum Gasteiger partial charge on any atom is -0.399 e. The lowest BCUT2D eigenvalue weighted by Crippen LogP contribution is -2.49. The van der Waals surface area contributed by atoms with Crippen molar-refractivity contribution >= 4 is 38.3 Å². The van der Waals surface area contributed by atoms with Gasteiger partial charge in [0.1, 0.15) is 0 Å². The van der Waals surface area contributed by atoms with Gasteiger partial charge in [-0.05, 0) is 48.9 Å². The summed E-state index contributed by atoms with van der Waals surface area (Å²) in [5, 5.41) is 5.23. The Balaban J connectivity index is 1.46. The third-order valence-corrected chi connectivity index (χ3v) is 7.56. The maximum Gasteiger partial charge on any atom is 0.265 e. The van der Waals surface area contributed by atoms with Gasteiger partial charge in [0.2, 0.25) is 5.91 Å². The average Bonchev–Trinajstić information content (AvgIpc) is 2.84. The largest absolute Gasteiger partial charge is 0.399 e. The summed E-state index contributed by atoms with van der Waals surface area (Å²) in [4.78, 5) is 28.3. The van der Waals surface area contributed by atoms with Crippen molar-refractivity contribution in [3.8, 4) is 0 Å². The number of nitrogens with two attached hydrogens (primary N) is 1. The van der Waals surface area contributed by atoms with Gasteiger partial charge >= 0.3 is 0 Å². The van der Waals surface area contributed by atoms with E-state index in [9.17, 15) is 18.0 Å². The van der Waals surface area contributed by atoms with E-state index in [0.717, 1.165) is 27.1 Å². The second kappa shape index (κ2) is 9.89. The van der Waals surface area contributed by atoms with E-state index in [0.29, 0.717) is 17.5 Å². The standard InChI is InChI=1S/C26H28N4O4S/c1-17-12-13-30(29-35(33,34)24-9-5-7-20-6-3-4-8-21(20)24)26(32)22(17)15-25(31)28-16-19-11-10-18(2)23(27)14-19/h3-11,14,29H,12-13,15-16,27H2,1-2H3,(H,28,31). The van der Waals surface area contributed by atoms with E-state index < -0.39 is 15.9 Å². The van der Waals surface area contributed by atoms with Gasteiger partial charge in [-0.2, -0.15) is 0 Å². The number of hydrogen-bond donors (Lipinski definition) is 3. The summed E-state index contributed by atoms with van der Waals surface area (Å²) in [6.07, 6.45) is 0.319. The summed E-state index contributed by atoms with van der Waals surface area (Å²) < 4.78 is 26.3. The normalized spacial score (nSPS) is 14.5. The second-order valence-corrected chi connectivity index (χ2v) is 10.3. The number of hydrogen-bond acceptors (Lipinski definition) is 5. The van der Waals surface area contributed by atoms with E-state index in [4.69, 9.17) is 5.73 Å². The predicted octanol–water partition coefficient (Wildman–Crippen LogP) is 3.18. The number of hydrazine groups is 1. The van der Waals surface area contributed by atoms with Gasteiger partial charge < -0.3 is 11.1 Å². The zero-order valence-corrected chi connectivity index (χ0v) is 20.5. The fourth-order valence-electron chi connectivity index (χ4n) is 4.04. The molecule has 8 nitrogen and oxygen atoms in total. The van der Waals surface area contributed by atoms with Crippen LogP contribution in [0.25, 0.3) is 10.8 Å². The van der Waals surface area contributed by atoms with Gasteiger partial charge in [-0.3, -0.25) is 14.6 Å². The Kier molecular flexibility index (Phi) is 6.90. The number of aryl methyl sites for hydroxylation is 1. The Hall–Kier alpha value is -3.69. The fraction of sp³-hybridized carbons (Fsp3) is 0.231. The molecule has 0 unspecified atom stereocenters. The van der Waals surface area contributed by atoms with Crippen LogP contribution in [0.4, 0.5) is 5.69 Å². The molecule has 1 heterocycles. The van der Waals surface area contributed by atoms with Crippen molar-refractivity contribution in [1.82, 2.24) is 15.2 Å². The van der Waals surface area contributed by atoms with Crippen LogP contribution in [-0.4, -0.2) is 31.8 Å². The van der Waals surface area contributed by atoms with Gasteiger partial charge in [0.25, 0.3) is 15.9 Å². The number of carbonyl (C=O) groups is 2. The molecule has 0 aromatic heterocycles. The number of nitrogen functional groups attached to an aromatic ring is 1. The monoisotopic (exact) mass is 492 g/mol. The number of fused-ring (bicyclic) bond motifs is 1. The SMILES string of the molecule is CC1=C(CC(=O)NCc2ccc(C)c(N)c2)C(=O)N(NS(=O)(=O)c2cccc3ccccc23)CC1. The van der Waals surface area contributed by atoms with E-state index in [1.807, 2.05) is 37.3 Å². The molecule has 35 heavy (non-hydrogen) atoms. The van der Waals surface area contributed by atoms with Gasteiger partial charge in [0.15, 0.2) is 0 Å². The zero-order valence-electron chi connectivity index (χ0n) is 19.7. The average molecular weight is 493 g/mol. The first-order valence-corrected chi connectivity index (χ1v) is 12.8. The van der Waals surface area contributed by atoms with Crippen LogP contribution in [0, 0.1) is 6.92 Å². The molecule has 3 aromatic rings. The summed E-state index contributed by atoms with van der Waals surface area (Å²) in [5.74, 6) is -0.849. The Morgan fingerprint density at radius 1 is 1.06 bits per heavy atom. The van der Waals surface area contributed by atoms with Crippen molar-refractivity contribution in [1.29, 1.82) is 0 Å².